The van der Waals surface area contributed by atoms with Crippen molar-refractivity contribution in [2.45, 2.75) is 44.0 Å². The monoisotopic (exact) mass is 497 g/mol. The molecule has 1 aromatic carbocycles. The van der Waals surface area contributed by atoms with Crippen molar-refractivity contribution in [3.8, 4) is 0 Å². The number of rotatable bonds is 5. The second-order valence-corrected chi connectivity index (χ2v) is 9.08. The molecule has 2 N–H and O–H groups in total. The Morgan fingerprint density at radius 2 is 1.81 bits per heavy atom. The highest BCUT2D eigenvalue weighted by Gasteiger charge is 2.24. The van der Waals surface area contributed by atoms with Crippen LogP contribution in [0, 0.1) is 17.7 Å². The molecule has 0 radical (unpaired) electrons. The van der Waals surface area contributed by atoms with Crippen molar-refractivity contribution in [1.82, 2.24) is 10.6 Å². The molecular formula is C18H29FIN3O2S. The lowest BCUT2D eigenvalue weighted by molar-refractivity contribution is 0.255. The van der Waals surface area contributed by atoms with E-state index in [-0.39, 0.29) is 41.2 Å². The van der Waals surface area contributed by atoms with E-state index in [0.717, 1.165) is 18.9 Å². The topological polar surface area (TPSA) is 70.6 Å². The molecule has 0 aromatic heterocycles. The standard InChI is InChI=1S/C18H28FN3O2S.HI/c1-13-10-14(2)12-15(11-13)22-18(20-3)21-8-9-25(23,24)17-7-5-4-6-16(17)19;/h4-7,13-15H,8-12H2,1-3H3,(H2,20,21,22);1H. The third kappa shape index (κ3) is 6.68. The van der Waals surface area contributed by atoms with Gasteiger partial charge in [-0.05, 0) is 43.2 Å². The van der Waals surface area contributed by atoms with Gasteiger partial charge in [-0.25, -0.2) is 12.8 Å². The van der Waals surface area contributed by atoms with Crippen molar-refractivity contribution in [1.29, 1.82) is 0 Å². The van der Waals surface area contributed by atoms with Crippen LogP contribution >= 0.6 is 24.0 Å². The predicted molar refractivity (Wildman–Crippen MR) is 114 cm³/mol. The predicted octanol–water partition coefficient (Wildman–Crippen LogP) is 3.21. The minimum atomic E-state index is -3.67. The summed E-state index contributed by atoms with van der Waals surface area (Å²) in [5, 5.41) is 6.40. The number of hydrogen-bond donors (Lipinski definition) is 2. The van der Waals surface area contributed by atoms with Crippen molar-refractivity contribution >= 4 is 39.8 Å². The lowest BCUT2D eigenvalue weighted by Gasteiger charge is -2.32. The van der Waals surface area contributed by atoms with E-state index in [1.54, 1.807) is 7.05 Å². The zero-order valence-electron chi connectivity index (χ0n) is 15.5. The molecule has 148 valence electrons. The Morgan fingerprint density at radius 3 is 2.38 bits per heavy atom. The molecule has 1 saturated carbocycles. The Hall–Kier alpha value is -0.900. The Balaban J connectivity index is 0.00000338. The zero-order chi connectivity index (χ0) is 18.4. The molecule has 2 atom stereocenters. The van der Waals surface area contributed by atoms with E-state index in [1.807, 2.05) is 0 Å². The van der Waals surface area contributed by atoms with Crippen LogP contribution in [-0.2, 0) is 9.84 Å². The molecule has 8 heteroatoms. The van der Waals surface area contributed by atoms with E-state index in [9.17, 15) is 12.8 Å². The molecule has 0 saturated heterocycles. The van der Waals surface area contributed by atoms with Crippen molar-refractivity contribution in [3.05, 3.63) is 30.1 Å². The molecule has 1 aliphatic rings. The fraction of sp³-hybridized carbons (Fsp3) is 0.611. The first kappa shape index (κ1) is 23.1. The number of sulfone groups is 1. The summed E-state index contributed by atoms with van der Waals surface area (Å²) in [5.74, 6) is 1.03. The van der Waals surface area contributed by atoms with Gasteiger partial charge in [0.1, 0.15) is 10.7 Å². The van der Waals surface area contributed by atoms with Crippen LogP contribution in [0.4, 0.5) is 4.39 Å². The molecule has 0 amide bonds. The van der Waals surface area contributed by atoms with E-state index >= 15 is 0 Å². The Morgan fingerprint density at radius 1 is 1.19 bits per heavy atom. The third-order valence-corrected chi connectivity index (χ3v) is 6.32. The van der Waals surface area contributed by atoms with E-state index in [4.69, 9.17) is 0 Å². The SMILES string of the molecule is CN=C(NCCS(=O)(=O)c1ccccc1F)NC1CC(C)CC(C)C1.I. The summed E-state index contributed by atoms with van der Waals surface area (Å²) in [6.45, 7) is 4.68. The Kier molecular flexibility index (Phi) is 9.29. The Bertz CT molecular complexity index is 702. The fourth-order valence-corrected chi connectivity index (χ4v) is 4.81. The maximum atomic E-state index is 13.7. The van der Waals surface area contributed by atoms with Crippen LogP contribution in [0.2, 0.25) is 0 Å². The Labute approximate surface area is 173 Å². The number of guanidine groups is 1. The quantitative estimate of drug-likeness (QED) is 0.373. The molecule has 0 heterocycles. The van der Waals surface area contributed by atoms with E-state index < -0.39 is 15.7 Å². The summed E-state index contributed by atoms with van der Waals surface area (Å²) in [6, 6.07) is 5.79. The van der Waals surface area contributed by atoms with Gasteiger partial charge in [-0.1, -0.05) is 26.0 Å². The van der Waals surface area contributed by atoms with Crippen LogP contribution in [0.15, 0.2) is 34.2 Å². The van der Waals surface area contributed by atoms with Gasteiger partial charge < -0.3 is 10.6 Å². The van der Waals surface area contributed by atoms with Gasteiger partial charge in [-0.3, -0.25) is 4.99 Å². The lowest BCUT2D eigenvalue weighted by Crippen LogP contribution is -2.47. The van der Waals surface area contributed by atoms with Gasteiger partial charge in [-0.15, -0.1) is 24.0 Å². The van der Waals surface area contributed by atoms with E-state index in [0.29, 0.717) is 23.8 Å². The van der Waals surface area contributed by atoms with Gasteiger partial charge in [0.15, 0.2) is 15.8 Å². The zero-order valence-corrected chi connectivity index (χ0v) is 18.7. The molecule has 2 rings (SSSR count). The van der Waals surface area contributed by atoms with Crippen LogP contribution in [0.3, 0.4) is 0 Å². The van der Waals surface area contributed by atoms with Crippen molar-refractivity contribution in [2.24, 2.45) is 16.8 Å². The molecule has 1 aliphatic carbocycles. The second kappa shape index (κ2) is 10.4. The molecule has 1 aromatic rings. The van der Waals surface area contributed by atoms with Crippen LogP contribution in [-0.4, -0.2) is 39.8 Å². The number of nitrogens with zero attached hydrogens (tertiary/aromatic N) is 1. The fourth-order valence-electron chi connectivity index (χ4n) is 3.56. The summed E-state index contributed by atoms with van der Waals surface area (Å²) in [5.41, 5.74) is 0. The van der Waals surface area contributed by atoms with Crippen molar-refractivity contribution in [2.75, 3.05) is 19.3 Å². The number of hydrogen-bond acceptors (Lipinski definition) is 3. The molecular weight excluding hydrogens is 468 g/mol. The van der Waals surface area contributed by atoms with Crippen LogP contribution in [0.25, 0.3) is 0 Å². The average Bonchev–Trinajstić information content (AvgIpc) is 2.53. The van der Waals surface area contributed by atoms with Gasteiger partial charge in [0.2, 0.25) is 0 Å². The van der Waals surface area contributed by atoms with Crippen molar-refractivity contribution in [3.63, 3.8) is 0 Å². The van der Waals surface area contributed by atoms with Gasteiger partial charge >= 0.3 is 0 Å². The molecule has 26 heavy (non-hydrogen) atoms. The van der Waals surface area contributed by atoms with Gasteiger partial charge in [-0.2, -0.15) is 0 Å². The normalized spacial score (nSPS) is 23.8. The number of halogens is 2. The first-order valence-corrected chi connectivity index (χ1v) is 10.4. The summed E-state index contributed by atoms with van der Waals surface area (Å²) in [7, 11) is -2.00. The molecule has 0 spiro atoms. The highest BCUT2D eigenvalue weighted by Crippen LogP contribution is 2.28. The van der Waals surface area contributed by atoms with Gasteiger partial charge in [0, 0.05) is 19.6 Å². The van der Waals surface area contributed by atoms with E-state index in [2.05, 4.69) is 29.5 Å². The van der Waals surface area contributed by atoms with Gasteiger partial charge in [0.25, 0.3) is 0 Å². The second-order valence-electron chi connectivity index (χ2n) is 7.01. The number of nitrogens with one attached hydrogen (secondary N) is 2. The maximum Gasteiger partial charge on any atom is 0.191 e. The van der Waals surface area contributed by atoms with Crippen molar-refractivity contribution < 1.29 is 12.8 Å². The largest absolute Gasteiger partial charge is 0.355 e. The maximum absolute atomic E-state index is 13.7. The molecule has 0 bridgehead atoms. The average molecular weight is 497 g/mol. The van der Waals surface area contributed by atoms with Crippen LogP contribution in [0.1, 0.15) is 33.1 Å². The molecule has 1 fully saturated rings. The third-order valence-electron chi connectivity index (χ3n) is 4.58. The minimum absolute atomic E-state index is 0. The molecule has 0 aliphatic heterocycles. The van der Waals surface area contributed by atoms with Gasteiger partial charge in [0.05, 0.1) is 5.75 Å². The van der Waals surface area contributed by atoms with E-state index in [1.165, 1.54) is 24.6 Å². The van der Waals surface area contributed by atoms with Crippen LogP contribution in [0.5, 0.6) is 0 Å². The smallest absolute Gasteiger partial charge is 0.191 e. The first-order valence-electron chi connectivity index (χ1n) is 8.76. The number of aliphatic imine (C=N–C) groups is 1. The highest BCUT2D eigenvalue weighted by atomic mass is 127. The summed E-state index contributed by atoms with van der Waals surface area (Å²) in [4.78, 5) is 3.91. The molecule has 5 nitrogen and oxygen atoms in total. The number of benzene rings is 1. The highest BCUT2D eigenvalue weighted by molar-refractivity contribution is 14.0. The summed E-state index contributed by atoms with van der Waals surface area (Å²) >= 11 is 0. The summed E-state index contributed by atoms with van der Waals surface area (Å²) in [6.07, 6.45) is 3.40. The summed E-state index contributed by atoms with van der Waals surface area (Å²) < 4.78 is 38.2. The lowest BCUT2D eigenvalue weighted by atomic mass is 9.80. The van der Waals surface area contributed by atoms with Crippen LogP contribution < -0.4 is 10.6 Å². The molecule has 2 unspecified atom stereocenters. The minimum Gasteiger partial charge on any atom is -0.355 e. The first-order chi connectivity index (χ1) is 11.8.